The summed E-state index contributed by atoms with van der Waals surface area (Å²) in [6, 6.07) is 12.7. The second kappa shape index (κ2) is 8.27. The molecule has 0 unspecified atom stereocenters. The van der Waals surface area contributed by atoms with Crippen molar-refractivity contribution in [2.45, 2.75) is 20.8 Å². The van der Waals surface area contributed by atoms with Gasteiger partial charge in [-0.1, -0.05) is 23.7 Å². The fraction of sp³-hybridized carbons (Fsp3) is 0.190. The van der Waals surface area contributed by atoms with E-state index in [1.807, 2.05) is 32.0 Å². The summed E-state index contributed by atoms with van der Waals surface area (Å²) in [6.07, 6.45) is 0. The molecule has 0 radical (unpaired) electrons. The van der Waals surface area contributed by atoms with Crippen molar-refractivity contribution in [2.24, 2.45) is 0 Å². The molecule has 6 nitrogen and oxygen atoms in total. The Morgan fingerprint density at radius 3 is 2.54 bits per heavy atom. The molecule has 3 rings (SSSR count). The number of carbonyl (C=O) groups excluding carboxylic acids is 1. The lowest BCUT2D eigenvalue weighted by molar-refractivity contribution is 0.102. The molecule has 7 heteroatoms. The van der Waals surface area contributed by atoms with E-state index in [1.54, 1.807) is 38.3 Å². The van der Waals surface area contributed by atoms with Crippen LogP contribution in [-0.2, 0) is 0 Å². The van der Waals surface area contributed by atoms with E-state index in [9.17, 15) is 4.79 Å². The number of nitrogens with one attached hydrogen (secondary N) is 2. The van der Waals surface area contributed by atoms with Gasteiger partial charge in [-0.05, 0) is 62.2 Å². The quantitative estimate of drug-likeness (QED) is 0.630. The van der Waals surface area contributed by atoms with Crippen LogP contribution in [0.1, 0.15) is 27.3 Å². The van der Waals surface area contributed by atoms with Gasteiger partial charge in [0.05, 0.1) is 12.8 Å². The summed E-state index contributed by atoms with van der Waals surface area (Å²) in [7, 11) is 1.56. The SMILES string of the molecule is COc1ccc(Cl)cc1Nc1nc(C)cc(C(=O)Nc2cc(C)ccc2C)n1. The number of aromatic nitrogens is 2. The number of nitrogens with zero attached hydrogens (tertiary/aromatic N) is 2. The minimum absolute atomic E-state index is 0.261. The Bertz CT molecular complexity index is 1040. The van der Waals surface area contributed by atoms with Gasteiger partial charge >= 0.3 is 0 Å². The van der Waals surface area contributed by atoms with E-state index in [2.05, 4.69) is 20.6 Å². The molecule has 0 atom stereocenters. The molecule has 0 fully saturated rings. The number of hydrogen-bond donors (Lipinski definition) is 2. The van der Waals surface area contributed by atoms with Gasteiger partial charge in [-0.3, -0.25) is 4.79 Å². The first-order valence-electron chi connectivity index (χ1n) is 8.70. The van der Waals surface area contributed by atoms with Crippen LogP contribution in [0.4, 0.5) is 17.3 Å². The maximum absolute atomic E-state index is 12.7. The molecular formula is C21H21ClN4O2. The monoisotopic (exact) mass is 396 g/mol. The van der Waals surface area contributed by atoms with Crippen LogP contribution in [0.5, 0.6) is 5.75 Å². The van der Waals surface area contributed by atoms with E-state index in [0.717, 1.165) is 16.8 Å². The molecule has 144 valence electrons. The third-order valence-corrected chi connectivity index (χ3v) is 4.37. The number of amides is 1. The molecular weight excluding hydrogens is 376 g/mol. The molecule has 0 aliphatic rings. The first-order valence-corrected chi connectivity index (χ1v) is 9.08. The van der Waals surface area contributed by atoms with Gasteiger partial charge in [-0.2, -0.15) is 0 Å². The number of anilines is 3. The molecule has 0 aliphatic heterocycles. The van der Waals surface area contributed by atoms with Gasteiger partial charge in [0, 0.05) is 16.4 Å². The Labute approximate surface area is 168 Å². The number of methoxy groups -OCH3 is 1. The third-order valence-electron chi connectivity index (χ3n) is 4.14. The molecule has 0 aliphatic carbocycles. The summed E-state index contributed by atoms with van der Waals surface area (Å²) in [5.74, 6) is 0.572. The lowest BCUT2D eigenvalue weighted by atomic mass is 10.1. The fourth-order valence-corrected chi connectivity index (χ4v) is 2.87. The van der Waals surface area contributed by atoms with Crippen molar-refractivity contribution in [1.82, 2.24) is 9.97 Å². The highest BCUT2D eigenvalue weighted by Gasteiger charge is 2.14. The average molecular weight is 397 g/mol. The lowest BCUT2D eigenvalue weighted by Gasteiger charge is -2.12. The average Bonchev–Trinajstić information content (AvgIpc) is 2.64. The van der Waals surface area contributed by atoms with Gasteiger partial charge < -0.3 is 15.4 Å². The minimum atomic E-state index is -0.305. The molecule has 1 heterocycles. The van der Waals surface area contributed by atoms with Crippen LogP contribution in [0.3, 0.4) is 0 Å². The number of halogens is 1. The van der Waals surface area contributed by atoms with Crippen molar-refractivity contribution in [3.8, 4) is 5.75 Å². The van der Waals surface area contributed by atoms with E-state index in [-0.39, 0.29) is 17.5 Å². The van der Waals surface area contributed by atoms with E-state index in [1.165, 1.54) is 0 Å². The van der Waals surface area contributed by atoms with Crippen molar-refractivity contribution in [3.05, 3.63) is 70.0 Å². The largest absolute Gasteiger partial charge is 0.495 e. The predicted octanol–water partition coefficient (Wildman–Crippen LogP) is 5.06. The zero-order valence-electron chi connectivity index (χ0n) is 16.1. The van der Waals surface area contributed by atoms with Gasteiger partial charge in [0.1, 0.15) is 11.4 Å². The highest BCUT2D eigenvalue weighted by molar-refractivity contribution is 6.31. The van der Waals surface area contributed by atoms with Crippen LogP contribution in [0.15, 0.2) is 42.5 Å². The van der Waals surface area contributed by atoms with Crippen molar-refractivity contribution in [3.63, 3.8) is 0 Å². The van der Waals surface area contributed by atoms with E-state index >= 15 is 0 Å². The third kappa shape index (κ3) is 4.58. The van der Waals surface area contributed by atoms with Crippen molar-refractivity contribution >= 4 is 34.8 Å². The van der Waals surface area contributed by atoms with E-state index in [4.69, 9.17) is 16.3 Å². The minimum Gasteiger partial charge on any atom is -0.495 e. The van der Waals surface area contributed by atoms with Crippen LogP contribution >= 0.6 is 11.6 Å². The zero-order chi connectivity index (χ0) is 20.3. The summed E-state index contributed by atoms with van der Waals surface area (Å²) >= 11 is 6.07. The predicted molar refractivity (Wildman–Crippen MR) is 112 cm³/mol. The number of benzene rings is 2. The Kier molecular flexibility index (Phi) is 5.80. The Balaban J connectivity index is 1.88. The number of carbonyl (C=O) groups is 1. The van der Waals surface area contributed by atoms with Crippen LogP contribution in [0.25, 0.3) is 0 Å². The van der Waals surface area contributed by atoms with Crippen molar-refractivity contribution < 1.29 is 9.53 Å². The highest BCUT2D eigenvalue weighted by Crippen LogP contribution is 2.29. The summed E-state index contributed by atoms with van der Waals surface area (Å²) in [5.41, 5.74) is 4.33. The molecule has 2 aromatic carbocycles. The Hall–Kier alpha value is -3.12. The first kappa shape index (κ1) is 19.6. The Morgan fingerprint density at radius 2 is 1.79 bits per heavy atom. The molecule has 0 bridgehead atoms. The molecule has 0 spiro atoms. The topological polar surface area (TPSA) is 76.1 Å². The summed E-state index contributed by atoms with van der Waals surface area (Å²) < 4.78 is 5.33. The number of rotatable bonds is 5. The van der Waals surface area contributed by atoms with Crippen LogP contribution in [-0.4, -0.2) is 23.0 Å². The van der Waals surface area contributed by atoms with Gasteiger partial charge in [0.25, 0.3) is 5.91 Å². The second-order valence-corrected chi connectivity index (χ2v) is 6.90. The normalized spacial score (nSPS) is 10.5. The van der Waals surface area contributed by atoms with Crippen LogP contribution < -0.4 is 15.4 Å². The lowest BCUT2D eigenvalue weighted by Crippen LogP contribution is -2.16. The molecule has 0 saturated carbocycles. The zero-order valence-corrected chi connectivity index (χ0v) is 16.9. The maximum Gasteiger partial charge on any atom is 0.274 e. The molecule has 2 N–H and O–H groups in total. The van der Waals surface area contributed by atoms with Crippen molar-refractivity contribution in [2.75, 3.05) is 17.7 Å². The number of ether oxygens (including phenoxy) is 1. The van der Waals surface area contributed by atoms with Gasteiger partial charge in [-0.15, -0.1) is 0 Å². The number of aryl methyl sites for hydroxylation is 3. The molecule has 0 saturated heterocycles. The summed E-state index contributed by atoms with van der Waals surface area (Å²) in [4.78, 5) is 21.4. The fourth-order valence-electron chi connectivity index (χ4n) is 2.70. The van der Waals surface area contributed by atoms with E-state index in [0.29, 0.717) is 22.2 Å². The molecule has 1 aromatic heterocycles. The van der Waals surface area contributed by atoms with Gasteiger partial charge in [-0.25, -0.2) is 9.97 Å². The van der Waals surface area contributed by atoms with Crippen molar-refractivity contribution in [1.29, 1.82) is 0 Å². The van der Waals surface area contributed by atoms with Crippen LogP contribution in [0, 0.1) is 20.8 Å². The van der Waals surface area contributed by atoms with Gasteiger partial charge in [0.2, 0.25) is 5.95 Å². The Morgan fingerprint density at radius 1 is 1.00 bits per heavy atom. The van der Waals surface area contributed by atoms with Crippen LogP contribution in [0.2, 0.25) is 5.02 Å². The summed E-state index contributed by atoms with van der Waals surface area (Å²) in [6.45, 7) is 5.72. The van der Waals surface area contributed by atoms with Gasteiger partial charge in [0.15, 0.2) is 0 Å². The second-order valence-electron chi connectivity index (χ2n) is 6.46. The molecule has 1 amide bonds. The van der Waals surface area contributed by atoms with E-state index < -0.39 is 0 Å². The number of hydrogen-bond acceptors (Lipinski definition) is 5. The maximum atomic E-state index is 12.7. The standard InChI is InChI=1S/C21H21ClN4O2/c1-12-5-6-13(2)16(9-12)24-20(27)18-10-14(3)23-21(26-18)25-17-11-15(22)7-8-19(17)28-4/h5-11H,1-4H3,(H,24,27)(H,23,25,26). The molecule has 3 aromatic rings. The first-order chi connectivity index (χ1) is 13.4. The smallest absolute Gasteiger partial charge is 0.274 e. The molecule has 28 heavy (non-hydrogen) atoms. The highest BCUT2D eigenvalue weighted by atomic mass is 35.5. The summed E-state index contributed by atoms with van der Waals surface area (Å²) in [5, 5.41) is 6.53.